The summed E-state index contributed by atoms with van der Waals surface area (Å²) in [6.45, 7) is 0.586. The van der Waals surface area contributed by atoms with Crippen molar-refractivity contribution in [3.05, 3.63) is 52.9 Å². The van der Waals surface area contributed by atoms with E-state index < -0.39 is 0 Å². The Morgan fingerprint density at radius 1 is 1.30 bits per heavy atom. The molecule has 0 bridgehead atoms. The zero-order valence-electron chi connectivity index (χ0n) is 11.0. The van der Waals surface area contributed by atoms with E-state index in [9.17, 15) is 4.79 Å². The number of anilines is 1. The van der Waals surface area contributed by atoms with Crippen molar-refractivity contribution in [1.29, 1.82) is 0 Å². The fraction of sp³-hybridized carbons (Fsp3) is 0.214. The van der Waals surface area contributed by atoms with E-state index in [0.717, 1.165) is 5.56 Å². The van der Waals surface area contributed by atoms with E-state index >= 15 is 0 Å². The van der Waals surface area contributed by atoms with Crippen LogP contribution in [-0.4, -0.2) is 23.0 Å². The maximum Gasteiger partial charge on any atom is 0.310 e. The van der Waals surface area contributed by atoms with E-state index in [1.54, 1.807) is 0 Å². The van der Waals surface area contributed by atoms with E-state index in [4.69, 9.17) is 11.6 Å². The Bertz CT molecular complexity index is 590. The number of esters is 1. The molecule has 2 aromatic rings. The molecule has 104 valence electrons. The molecule has 6 heteroatoms. The van der Waals surface area contributed by atoms with Crippen molar-refractivity contribution in [2.24, 2.45) is 0 Å². The molecule has 0 atom stereocenters. The highest BCUT2D eigenvalue weighted by molar-refractivity contribution is 6.30. The number of hydrogen-bond acceptors (Lipinski definition) is 5. The molecule has 0 aliphatic rings. The summed E-state index contributed by atoms with van der Waals surface area (Å²) < 4.78 is 4.65. The van der Waals surface area contributed by atoms with Crippen molar-refractivity contribution >= 4 is 23.4 Å². The Morgan fingerprint density at radius 3 is 2.75 bits per heavy atom. The Balaban J connectivity index is 2.14. The molecular formula is C14H14ClN3O2. The van der Waals surface area contributed by atoms with E-state index in [1.807, 2.05) is 30.3 Å². The summed E-state index contributed by atoms with van der Waals surface area (Å²) in [6, 6.07) is 9.86. The second-order valence-corrected chi connectivity index (χ2v) is 4.44. The predicted octanol–water partition coefficient (Wildman–Crippen LogP) is 2.46. The number of aromatic nitrogens is 2. The number of hydrogen-bond donors (Lipinski definition) is 1. The summed E-state index contributed by atoms with van der Waals surface area (Å²) in [4.78, 5) is 19.4. The van der Waals surface area contributed by atoms with Gasteiger partial charge in [0.05, 0.1) is 13.5 Å². The zero-order chi connectivity index (χ0) is 14.4. The van der Waals surface area contributed by atoms with Crippen LogP contribution in [0.5, 0.6) is 0 Å². The van der Waals surface area contributed by atoms with Crippen molar-refractivity contribution in [1.82, 2.24) is 9.97 Å². The number of methoxy groups -OCH3 is 1. The lowest BCUT2D eigenvalue weighted by atomic mass is 10.2. The highest BCUT2D eigenvalue weighted by Gasteiger charge is 2.14. The molecule has 0 unspecified atom stereocenters. The van der Waals surface area contributed by atoms with Crippen molar-refractivity contribution < 1.29 is 9.53 Å². The molecular weight excluding hydrogens is 278 g/mol. The lowest BCUT2D eigenvalue weighted by Crippen LogP contribution is -2.11. The lowest BCUT2D eigenvalue weighted by Gasteiger charge is -2.11. The number of nitrogens with zero attached hydrogens (tertiary/aromatic N) is 2. The molecule has 1 aromatic carbocycles. The molecule has 20 heavy (non-hydrogen) atoms. The number of carbonyl (C=O) groups excluding carboxylic acids is 1. The predicted molar refractivity (Wildman–Crippen MR) is 76.5 cm³/mol. The third-order valence-electron chi connectivity index (χ3n) is 2.74. The van der Waals surface area contributed by atoms with E-state index in [2.05, 4.69) is 20.0 Å². The van der Waals surface area contributed by atoms with Crippen LogP contribution < -0.4 is 5.32 Å². The van der Waals surface area contributed by atoms with Gasteiger partial charge < -0.3 is 10.1 Å². The van der Waals surface area contributed by atoms with E-state index in [-0.39, 0.29) is 17.5 Å². The third kappa shape index (κ3) is 3.68. The van der Waals surface area contributed by atoms with Gasteiger partial charge in [-0.3, -0.25) is 4.79 Å². The van der Waals surface area contributed by atoms with Gasteiger partial charge in [0.1, 0.15) is 17.3 Å². The fourth-order valence-electron chi connectivity index (χ4n) is 1.70. The molecule has 0 fully saturated rings. The van der Waals surface area contributed by atoms with Gasteiger partial charge in [0.15, 0.2) is 0 Å². The van der Waals surface area contributed by atoms with Gasteiger partial charge in [-0.05, 0) is 5.56 Å². The number of carbonyl (C=O) groups is 1. The van der Waals surface area contributed by atoms with Gasteiger partial charge >= 0.3 is 5.97 Å². The molecule has 1 heterocycles. The largest absolute Gasteiger partial charge is 0.469 e. The van der Waals surface area contributed by atoms with Crippen molar-refractivity contribution in [3.63, 3.8) is 0 Å². The van der Waals surface area contributed by atoms with Crippen LogP contribution in [0.2, 0.25) is 5.15 Å². The maximum atomic E-state index is 11.4. The molecule has 0 aliphatic carbocycles. The standard InChI is InChI=1S/C14H14ClN3O2/c1-20-12(19)7-11-13(15)17-9-18-14(11)16-8-10-5-3-2-4-6-10/h2-6,9H,7-8H2,1H3,(H,16,17,18). The monoisotopic (exact) mass is 291 g/mol. The first kappa shape index (κ1) is 14.3. The number of benzene rings is 1. The quantitative estimate of drug-likeness (QED) is 0.677. The topological polar surface area (TPSA) is 64.1 Å². The highest BCUT2D eigenvalue weighted by atomic mass is 35.5. The van der Waals surface area contributed by atoms with Gasteiger partial charge in [-0.1, -0.05) is 41.9 Å². The van der Waals surface area contributed by atoms with Gasteiger partial charge in [0.2, 0.25) is 0 Å². The molecule has 0 aliphatic heterocycles. The van der Waals surface area contributed by atoms with Gasteiger partial charge in [-0.15, -0.1) is 0 Å². The average Bonchev–Trinajstić information content (AvgIpc) is 2.48. The van der Waals surface area contributed by atoms with Crippen molar-refractivity contribution in [2.45, 2.75) is 13.0 Å². The minimum atomic E-state index is -0.385. The summed E-state index contributed by atoms with van der Waals surface area (Å²) in [5.74, 6) is 0.156. The molecule has 2 rings (SSSR count). The molecule has 0 saturated heterocycles. The van der Waals surface area contributed by atoms with Crippen LogP contribution in [0.15, 0.2) is 36.7 Å². The van der Waals surface area contributed by atoms with Crippen LogP contribution >= 0.6 is 11.6 Å². The smallest absolute Gasteiger partial charge is 0.310 e. The van der Waals surface area contributed by atoms with Crippen LogP contribution in [-0.2, 0) is 22.5 Å². The third-order valence-corrected chi connectivity index (χ3v) is 3.07. The first-order valence-electron chi connectivity index (χ1n) is 6.04. The lowest BCUT2D eigenvalue weighted by molar-refractivity contribution is -0.139. The Morgan fingerprint density at radius 2 is 2.05 bits per heavy atom. The van der Waals surface area contributed by atoms with Crippen LogP contribution in [0.25, 0.3) is 0 Å². The molecule has 0 saturated carbocycles. The van der Waals surface area contributed by atoms with Gasteiger partial charge in [-0.25, -0.2) is 9.97 Å². The minimum Gasteiger partial charge on any atom is -0.469 e. The summed E-state index contributed by atoms with van der Waals surface area (Å²) in [7, 11) is 1.33. The summed E-state index contributed by atoms with van der Waals surface area (Å²) >= 11 is 6.01. The Hall–Kier alpha value is -2.14. The Labute approximate surface area is 122 Å². The average molecular weight is 292 g/mol. The normalized spacial score (nSPS) is 10.1. The summed E-state index contributed by atoms with van der Waals surface area (Å²) in [5, 5.41) is 3.41. The van der Waals surface area contributed by atoms with Crippen molar-refractivity contribution in [2.75, 3.05) is 12.4 Å². The van der Waals surface area contributed by atoms with Crippen LogP contribution in [0.1, 0.15) is 11.1 Å². The second-order valence-electron chi connectivity index (χ2n) is 4.08. The summed E-state index contributed by atoms with van der Waals surface area (Å²) in [6.07, 6.45) is 1.39. The number of halogens is 1. The van der Waals surface area contributed by atoms with Crippen molar-refractivity contribution in [3.8, 4) is 0 Å². The van der Waals surface area contributed by atoms with Gasteiger partial charge in [0, 0.05) is 12.1 Å². The maximum absolute atomic E-state index is 11.4. The van der Waals surface area contributed by atoms with E-state index in [0.29, 0.717) is 17.9 Å². The highest BCUT2D eigenvalue weighted by Crippen LogP contribution is 2.21. The molecule has 5 nitrogen and oxygen atoms in total. The van der Waals surface area contributed by atoms with Crippen LogP contribution in [0, 0.1) is 0 Å². The molecule has 0 amide bonds. The SMILES string of the molecule is COC(=O)Cc1c(Cl)ncnc1NCc1ccccc1. The fourth-order valence-corrected chi connectivity index (χ4v) is 1.90. The number of ether oxygens (including phenoxy) is 1. The molecule has 1 aromatic heterocycles. The minimum absolute atomic E-state index is 0.0350. The number of rotatable bonds is 5. The molecule has 0 spiro atoms. The number of nitrogens with one attached hydrogen (secondary N) is 1. The van der Waals surface area contributed by atoms with Crippen LogP contribution in [0.4, 0.5) is 5.82 Å². The van der Waals surface area contributed by atoms with E-state index in [1.165, 1.54) is 13.4 Å². The van der Waals surface area contributed by atoms with Gasteiger partial charge in [-0.2, -0.15) is 0 Å². The van der Waals surface area contributed by atoms with Gasteiger partial charge in [0.25, 0.3) is 0 Å². The second kappa shape index (κ2) is 6.86. The first-order valence-corrected chi connectivity index (χ1v) is 6.42. The first-order chi connectivity index (χ1) is 9.70. The Kier molecular flexibility index (Phi) is 4.90. The molecule has 1 N–H and O–H groups in total. The molecule has 0 radical (unpaired) electrons. The summed E-state index contributed by atoms with van der Waals surface area (Å²) in [5.41, 5.74) is 1.64. The zero-order valence-corrected chi connectivity index (χ0v) is 11.7. The van der Waals surface area contributed by atoms with Crippen LogP contribution in [0.3, 0.4) is 0 Å².